The van der Waals surface area contributed by atoms with Crippen molar-refractivity contribution in [3.63, 3.8) is 0 Å². The Morgan fingerprint density at radius 2 is 2.00 bits per heavy atom. The van der Waals surface area contributed by atoms with Crippen LogP contribution in [0.15, 0.2) is 73.2 Å². The molecule has 3 aromatic heterocycles. The Balaban J connectivity index is 1.28. The van der Waals surface area contributed by atoms with Gasteiger partial charge in [0, 0.05) is 47.7 Å². The molecule has 0 radical (unpaired) electrons. The quantitative estimate of drug-likeness (QED) is 0.503. The number of nitrogens with one attached hydrogen (secondary N) is 3. The fraction of sp³-hybridized carbons (Fsp3) is 0.136. The molecule has 4 aromatic rings. The van der Waals surface area contributed by atoms with Crippen molar-refractivity contribution in [2.24, 2.45) is 0 Å². The maximum atomic E-state index is 12.7. The molecule has 1 aliphatic rings. The Morgan fingerprint density at radius 3 is 2.86 bits per heavy atom. The van der Waals surface area contributed by atoms with Crippen molar-refractivity contribution < 1.29 is 4.79 Å². The number of aromatic nitrogens is 4. The minimum Gasteiger partial charge on any atom is -0.351 e. The largest absolute Gasteiger partial charge is 0.351 e. The van der Waals surface area contributed by atoms with Crippen LogP contribution in [-0.4, -0.2) is 38.7 Å². The minimum atomic E-state index is -0.0963. The first kappa shape index (κ1) is 17.2. The Bertz CT molecular complexity index is 1140. The molecule has 3 N–H and O–H groups in total. The topological polar surface area (TPSA) is 89.7 Å². The maximum absolute atomic E-state index is 12.7. The molecule has 0 saturated heterocycles. The van der Waals surface area contributed by atoms with E-state index in [1.54, 1.807) is 12.4 Å². The number of amides is 1. The van der Waals surface area contributed by atoms with Crippen molar-refractivity contribution in [1.82, 2.24) is 25.5 Å². The second-order valence-electron chi connectivity index (χ2n) is 7.09. The second kappa shape index (κ2) is 7.27. The first-order chi connectivity index (χ1) is 14.3. The Labute approximate surface area is 167 Å². The van der Waals surface area contributed by atoms with E-state index in [-0.39, 0.29) is 11.9 Å². The average molecular weight is 384 g/mol. The number of aromatic amines is 2. The van der Waals surface area contributed by atoms with Gasteiger partial charge in [0.25, 0.3) is 5.91 Å². The van der Waals surface area contributed by atoms with Crippen LogP contribution in [0.5, 0.6) is 0 Å². The highest BCUT2D eigenvalue weighted by Gasteiger charge is 2.21. The molecule has 0 saturated carbocycles. The van der Waals surface area contributed by atoms with Gasteiger partial charge >= 0.3 is 0 Å². The highest BCUT2D eigenvalue weighted by molar-refractivity contribution is 5.98. The predicted octanol–water partition coefficient (Wildman–Crippen LogP) is 3.48. The molecule has 29 heavy (non-hydrogen) atoms. The van der Waals surface area contributed by atoms with Crippen LogP contribution in [0, 0.1) is 0 Å². The molecule has 5 rings (SSSR count). The molecule has 0 aliphatic carbocycles. The molecule has 1 aliphatic heterocycles. The van der Waals surface area contributed by atoms with E-state index in [4.69, 9.17) is 0 Å². The molecule has 0 unspecified atom stereocenters. The summed E-state index contributed by atoms with van der Waals surface area (Å²) >= 11 is 0. The van der Waals surface area contributed by atoms with E-state index in [1.165, 1.54) is 0 Å². The van der Waals surface area contributed by atoms with Crippen molar-refractivity contribution in [3.05, 3.63) is 78.9 Å². The molecule has 0 bridgehead atoms. The Morgan fingerprint density at radius 1 is 1.14 bits per heavy atom. The zero-order valence-corrected chi connectivity index (χ0v) is 15.7. The van der Waals surface area contributed by atoms with Gasteiger partial charge in [0.05, 0.1) is 11.7 Å². The summed E-state index contributed by atoms with van der Waals surface area (Å²) in [6.07, 6.45) is 8.36. The third-order valence-electron chi connectivity index (χ3n) is 5.08. The number of hydrogen-bond acceptors (Lipinski definition) is 4. The summed E-state index contributed by atoms with van der Waals surface area (Å²) in [5, 5.41) is 11.7. The lowest BCUT2D eigenvalue weighted by atomic mass is 10.1. The van der Waals surface area contributed by atoms with Gasteiger partial charge in [-0.15, -0.1) is 0 Å². The molecule has 1 aromatic carbocycles. The molecule has 1 amide bonds. The molecule has 7 nitrogen and oxygen atoms in total. The summed E-state index contributed by atoms with van der Waals surface area (Å²) < 4.78 is 0. The van der Waals surface area contributed by atoms with Gasteiger partial charge in [0.15, 0.2) is 5.82 Å². The number of anilines is 1. The predicted molar refractivity (Wildman–Crippen MR) is 112 cm³/mol. The number of fused-ring (bicyclic) bond motifs is 1. The lowest BCUT2D eigenvalue weighted by molar-refractivity contribution is 0.0933. The van der Waals surface area contributed by atoms with Gasteiger partial charge in [-0.1, -0.05) is 24.3 Å². The van der Waals surface area contributed by atoms with Gasteiger partial charge in [-0.05, 0) is 30.7 Å². The first-order valence-electron chi connectivity index (χ1n) is 9.54. The lowest BCUT2D eigenvalue weighted by Crippen LogP contribution is -2.44. The van der Waals surface area contributed by atoms with Gasteiger partial charge in [-0.3, -0.25) is 14.9 Å². The highest BCUT2D eigenvalue weighted by atomic mass is 16.1. The van der Waals surface area contributed by atoms with Crippen LogP contribution in [0.2, 0.25) is 0 Å². The van der Waals surface area contributed by atoms with Crippen LogP contribution in [0.1, 0.15) is 16.9 Å². The van der Waals surface area contributed by atoms with E-state index in [2.05, 4.69) is 31.6 Å². The smallest absolute Gasteiger partial charge is 0.268 e. The van der Waals surface area contributed by atoms with Crippen LogP contribution >= 0.6 is 0 Å². The zero-order chi connectivity index (χ0) is 19.6. The SMILES string of the molecule is O=C(N[C@H]1CC=CN(c2cc(-c3ccncc3)[nH]n2)C1)c1cc2ccccc2[nH]1. The van der Waals surface area contributed by atoms with E-state index in [9.17, 15) is 4.79 Å². The minimum absolute atomic E-state index is 0.0000115. The van der Waals surface area contributed by atoms with Crippen molar-refractivity contribution in [3.8, 4) is 11.3 Å². The third-order valence-corrected chi connectivity index (χ3v) is 5.08. The number of benzene rings is 1. The molecular weight excluding hydrogens is 364 g/mol. The van der Waals surface area contributed by atoms with E-state index in [1.807, 2.05) is 59.6 Å². The summed E-state index contributed by atoms with van der Waals surface area (Å²) in [7, 11) is 0. The average Bonchev–Trinajstić information content (AvgIpc) is 3.42. The molecule has 1 atom stereocenters. The highest BCUT2D eigenvalue weighted by Crippen LogP contribution is 2.23. The second-order valence-corrected chi connectivity index (χ2v) is 7.09. The number of H-pyrrole nitrogens is 2. The standard InChI is InChI=1S/C22H20N6O/c29-22(20-12-16-4-1-2-6-18(16)25-20)24-17-5-3-11-28(14-17)21-13-19(26-27-21)15-7-9-23-10-8-15/h1-4,6-13,17,25H,5,14H2,(H,24,29)(H,26,27)/t17-/m0/s1. The summed E-state index contributed by atoms with van der Waals surface area (Å²) in [6.45, 7) is 0.656. The Kier molecular flexibility index (Phi) is 4.32. The summed E-state index contributed by atoms with van der Waals surface area (Å²) in [5.41, 5.74) is 3.50. The van der Waals surface area contributed by atoms with E-state index < -0.39 is 0 Å². The van der Waals surface area contributed by atoms with E-state index in [0.29, 0.717) is 12.2 Å². The van der Waals surface area contributed by atoms with Crippen molar-refractivity contribution in [2.75, 3.05) is 11.4 Å². The van der Waals surface area contributed by atoms with Gasteiger partial charge in [0.1, 0.15) is 5.69 Å². The van der Waals surface area contributed by atoms with Crippen LogP contribution < -0.4 is 10.2 Å². The van der Waals surface area contributed by atoms with Crippen molar-refractivity contribution in [2.45, 2.75) is 12.5 Å². The normalized spacial score (nSPS) is 16.3. The number of carbonyl (C=O) groups excluding carboxylic acids is 1. The number of hydrogen-bond donors (Lipinski definition) is 3. The summed E-state index contributed by atoms with van der Waals surface area (Å²) in [6, 6.07) is 15.6. The number of pyridine rings is 1. The van der Waals surface area contributed by atoms with Crippen molar-refractivity contribution in [1.29, 1.82) is 0 Å². The molecule has 4 heterocycles. The molecular formula is C22H20N6O. The number of para-hydroxylation sites is 1. The molecule has 144 valence electrons. The van der Waals surface area contributed by atoms with E-state index in [0.717, 1.165) is 34.4 Å². The third kappa shape index (κ3) is 3.50. The molecule has 7 heteroatoms. The van der Waals surface area contributed by atoms with Gasteiger partial charge in [0.2, 0.25) is 0 Å². The van der Waals surface area contributed by atoms with Gasteiger partial charge in [-0.2, -0.15) is 5.10 Å². The van der Waals surface area contributed by atoms with Gasteiger partial charge in [-0.25, -0.2) is 0 Å². The fourth-order valence-corrected chi connectivity index (χ4v) is 3.60. The number of rotatable bonds is 4. The monoisotopic (exact) mass is 384 g/mol. The number of carbonyl (C=O) groups is 1. The summed E-state index contributed by atoms with van der Waals surface area (Å²) in [4.78, 5) is 22.0. The van der Waals surface area contributed by atoms with Crippen LogP contribution in [-0.2, 0) is 0 Å². The lowest BCUT2D eigenvalue weighted by Gasteiger charge is -2.28. The fourth-order valence-electron chi connectivity index (χ4n) is 3.60. The molecule has 0 spiro atoms. The molecule has 0 fully saturated rings. The van der Waals surface area contributed by atoms with Crippen LogP contribution in [0.25, 0.3) is 22.2 Å². The number of nitrogens with zero attached hydrogens (tertiary/aromatic N) is 3. The van der Waals surface area contributed by atoms with Crippen molar-refractivity contribution >= 4 is 22.6 Å². The summed E-state index contributed by atoms with van der Waals surface area (Å²) in [5.74, 6) is 0.721. The zero-order valence-electron chi connectivity index (χ0n) is 15.7. The van der Waals surface area contributed by atoms with Crippen LogP contribution in [0.4, 0.5) is 5.82 Å². The maximum Gasteiger partial charge on any atom is 0.268 e. The van der Waals surface area contributed by atoms with E-state index >= 15 is 0 Å². The van der Waals surface area contributed by atoms with Gasteiger partial charge < -0.3 is 15.2 Å². The van der Waals surface area contributed by atoms with Crippen LogP contribution in [0.3, 0.4) is 0 Å². The Hall–Kier alpha value is -3.87. The first-order valence-corrected chi connectivity index (χ1v) is 9.54.